The van der Waals surface area contributed by atoms with Crippen molar-refractivity contribution in [2.75, 3.05) is 24.3 Å². The standard InChI is InChI=1S/C12H13N5O2S/c1-19-11(18)6-2-3-7(13)8(4-6)20-12-16-9(14)5-10(15)17-12/h2-5H,13H2,1H3,(H4,14,15,16,17). The Morgan fingerprint density at radius 1 is 1.15 bits per heavy atom. The molecule has 7 nitrogen and oxygen atoms in total. The summed E-state index contributed by atoms with van der Waals surface area (Å²) < 4.78 is 4.66. The van der Waals surface area contributed by atoms with Crippen LogP contribution in [0.15, 0.2) is 34.3 Å². The molecule has 0 amide bonds. The van der Waals surface area contributed by atoms with E-state index in [9.17, 15) is 4.79 Å². The van der Waals surface area contributed by atoms with Gasteiger partial charge in [0.05, 0.1) is 12.7 Å². The van der Waals surface area contributed by atoms with E-state index >= 15 is 0 Å². The fourth-order valence-corrected chi connectivity index (χ4v) is 2.34. The molecule has 0 saturated heterocycles. The van der Waals surface area contributed by atoms with Crippen LogP contribution in [-0.4, -0.2) is 23.0 Å². The smallest absolute Gasteiger partial charge is 0.337 e. The Balaban J connectivity index is 2.34. The van der Waals surface area contributed by atoms with E-state index in [4.69, 9.17) is 17.2 Å². The van der Waals surface area contributed by atoms with Gasteiger partial charge in [0.15, 0.2) is 5.16 Å². The molecule has 0 saturated carbocycles. The highest BCUT2D eigenvalue weighted by atomic mass is 32.2. The topological polar surface area (TPSA) is 130 Å². The number of methoxy groups -OCH3 is 1. The number of nitrogens with two attached hydrogens (primary N) is 3. The molecular formula is C12H13N5O2S. The largest absolute Gasteiger partial charge is 0.465 e. The maximum Gasteiger partial charge on any atom is 0.337 e. The lowest BCUT2D eigenvalue weighted by Crippen LogP contribution is -2.03. The van der Waals surface area contributed by atoms with E-state index in [1.807, 2.05) is 0 Å². The molecule has 1 aromatic carbocycles. The second kappa shape index (κ2) is 5.66. The molecule has 104 valence electrons. The molecule has 1 heterocycles. The van der Waals surface area contributed by atoms with Crippen molar-refractivity contribution in [2.45, 2.75) is 10.1 Å². The maximum absolute atomic E-state index is 11.5. The van der Waals surface area contributed by atoms with Crippen molar-refractivity contribution in [1.29, 1.82) is 0 Å². The van der Waals surface area contributed by atoms with Crippen LogP contribution < -0.4 is 17.2 Å². The summed E-state index contributed by atoms with van der Waals surface area (Å²) in [5, 5.41) is 0.358. The first-order valence-corrected chi connectivity index (χ1v) is 6.37. The summed E-state index contributed by atoms with van der Waals surface area (Å²) in [6, 6.07) is 6.26. The van der Waals surface area contributed by atoms with Gasteiger partial charge in [-0.25, -0.2) is 14.8 Å². The van der Waals surface area contributed by atoms with Crippen molar-refractivity contribution in [2.24, 2.45) is 0 Å². The number of nitrogen functional groups attached to an aromatic ring is 3. The van der Waals surface area contributed by atoms with Gasteiger partial charge < -0.3 is 21.9 Å². The molecule has 2 rings (SSSR count). The first-order valence-electron chi connectivity index (χ1n) is 5.55. The van der Waals surface area contributed by atoms with Crippen LogP contribution in [0.2, 0.25) is 0 Å². The van der Waals surface area contributed by atoms with Gasteiger partial charge in [-0.2, -0.15) is 0 Å². The van der Waals surface area contributed by atoms with Crippen molar-refractivity contribution in [1.82, 2.24) is 9.97 Å². The molecule has 0 aliphatic rings. The summed E-state index contributed by atoms with van der Waals surface area (Å²) in [4.78, 5) is 20.2. The molecule has 1 aromatic heterocycles. The van der Waals surface area contributed by atoms with Gasteiger partial charge in [0.25, 0.3) is 0 Å². The van der Waals surface area contributed by atoms with Gasteiger partial charge in [-0.1, -0.05) is 0 Å². The first kappa shape index (κ1) is 13.9. The first-order chi connectivity index (χ1) is 9.49. The van der Waals surface area contributed by atoms with Gasteiger partial charge in [0, 0.05) is 16.6 Å². The van der Waals surface area contributed by atoms with E-state index in [1.165, 1.54) is 24.9 Å². The summed E-state index contributed by atoms with van der Waals surface area (Å²) in [6.07, 6.45) is 0. The van der Waals surface area contributed by atoms with Crippen LogP contribution in [-0.2, 0) is 4.74 Å². The van der Waals surface area contributed by atoms with Gasteiger partial charge in [-0.05, 0) is 30.0 Å². The Kier molecular flexibility index (Phi) is 3.94. The van der Waals surface area contributed by atoms with Gasteiger partial charge >= 0.3 is 5.97 Å². The number of anilines is 3. The fourth-order valence-electron chi connectivity index (χ4n) is 1.47. The molecule has 6 N–H and O–H groups in total. The predicted molar refractivity (Wildman–Crippen MR) is 77.2 cm³/mol. The molecule has 0 bridgehead atoms. The van der Waals surface area contributed by atoms with E-state index in [-0.39, 0.29) is 11.6 Å². The molecular weight excluding hydrogens is 278 g/mol. The number of nitrogens with zero attached hydrogens (tertiary/aromatic N) is 2. The third kappa shape index (κ3) is 3.09. The Bertz CT molecular complexity index is 642. The number of benzene rings is 1. The number of hydrogen-bond donors (Lipinski definition) is 3. The number of ether oxygens (including phenoxy) is 1. The van der Waals surface area contributed by atoms with Crippen molar-refractivity contribution < 1.29 is 9.53 Å². The van der Waals surface area contributed by atoms with E-state index in [1.54, 1.807) is 18.2 Å². The minimum Gasteiger partial charge on any atom is -0.465 e. The second-order valence-corrected chi connectivity index (χ2v) is 4.86. The van der Waals surface area contributed by atoms with Crippen molar-refractivity contribution in [3.8, 4) is 0 Å². The number of aromatic nitrogens is 2. The van der Waals surface area contributed by atoms with Crippen LogP contribution in [0.4, 0.5) is 17.3 Å². The third-order valence-electron chi connectivity index (χ3n) is 2.38. The quantitative estimate of drug-likeness (QED) is 0.436. The van der Waals surface area contributed by atoms with Crippen molar-refractivity contribution in [3.05, 3.63) is 29.8 Å². The highest BCUT2D eigenvalue weighted by molar-refractivity contribution is 7.99. The number of hydrogen-bond acceptors (Lipinski definition) is 8. The summed E-state index contributed by atoms with van der Waals surface area (Å²) >= 11 is 1.17. The lowest BCUT2D eigenvalue weighted by atomic mass is 10.2. The molecule has 0 spiro atoms. The number of carbonyl (C=O) groups is 1. The lowest BCUT2D eigenvalue weighted by molar-refractivity contribution is 0.0600. The Morgan fingerprint density at radius 2 is 1.80 bits per heavy atom. The van der Waals surface area contributed by atoms with Crippen LogP contribution in [0.3, 0.4) is 0 Å². The van der Waals surface area contributed by atoms with Crippen LogP contribution >= 0.6 is 11.8 Å². The van der Waals surface area contributed by atoms with E-state index in [0.29, 0.717) is 21.3 Å². The Labute approximate surface area is 119 Å². The molecule has 8 heteroatoms. The molecule has 0 aliphatic heterocycles. The summed E-state index contributed by atoms with van der Waals surface area (Å²) in [7, 11) is 1.31. The average Bonchev–Trinajstić information content (AvgIpc) is 2.39. The zero-order chi connectivity index (χ0) is 14.7. The zero-order valence-electron chi connectivity index (χ0n) is 10.7. The number of esters is 1. The molecule has 20 heavy (non-hydrogen) atoms. The monoisotopic (exact) mass is 291 g/mol. The molecule has 0 fully saturated rings. The molecule has 0 radical (unpaired) electrons. The highest BCUT2D eigenvalue weighted by Crippen LogP contribution is 2.31. The van der Waals surface area contributed by atoms with Crippen LogP contribution in [0.25, 0.3) is 0 Å². The van der Waals surface area contributed by atoms with Crippen LogP contribution in [0.1, 0.15) is 10.4 Å². The fraction of sp³-hybridized carbons (Fsp3) is 0.0833. The maximum atomic E-state index is 11.5. The number of rotatable bonds is 3. The van der Waals surface area contributed by atoms with Gasteiger partial charge in [0.2, 0.25) is 0 Å². The van der Waals surface area contributed by atoms with Gasteiger partial charge in [-0.15, -0.1) is 0 Å². The highest BCUT2D eigenvalue weighted by Gasteiger charge is 2.11. The summed E-state index contributed by atoms with van der Waals surface area (Å²) in [5.74, 6) is 0.0882. The van der Waals surface area contributed by atoms with E-state index in [0.717, 1.165) is 0 Å². The van der Waals surface area contributed by atoms with E-state index < -0.39 is 5.97 Å². The zero-order valence-corrected chi connectivity index (χ0v) is 11.5. The minimum atomic E-state index is -0.445. The third-order valence-corrected chi connectivity index (χ3v) is 3.32. The molecule has 0 atom stereocenters. The van der Waals surface area contributed by atoms with Crippen molar-refractivity contribution in [3.63, 3.8) is 0 Å². The predicted octanol–water partition coefficient (Wildman–Crippen LogP) is 1.16. The van der Waals surface area contributed by atoms with Gasteiger partial charge in [0.1, 0.15) is 11.6 Å². The van der Waals surface area contributed by atoms with Crippen LogP contribution in [0, 0.1) is 0 Å². The SMILES string of the molecule is COC(=O)c1ccc(N)c(Sc2nc(N)cc(N)n2)c1. The number of carbonyl (C=O) groups excluding carboxylic acids is 1. The van der Waals surface area contributed by atoms with Gasteiger partial charge in [-0.3, -0.25) is 0 Å². The normalized spacial score (nSPS) is 10.2. The second-order valence-electron chi connectivity index (χ2n) is 3.85. The van der Waals surface area contributed by atoms with Crippen LogP contribution in [0.5, 0.6) is 0 Å². The summed E-state index contributed by atoms with van der Waals surface area (Å²) in [6.45, 7) is 0. The van der Waals surface area contributed by atoms with E-state index in [2.05, 4.69) is 14.7 Å². The molecule has 0 unspecified atom stereocenters. The van der Waals surface area contributed by atoms with Crippen molar-refractivity contribution >= 4 is 35.1 Å². The Hall–Kier alpha value is -2.48. The molecule has 2 aromatic rings. The average molecular weight is 291 g/mol. The lowest BCUT2D eigenvalue weighted by Gasteiger charge is -2.07. The summed E-state index contributed by atoms with van der Waals surface area (Å²) in [5.41, 5.74) is 17.9. The Morgan fingerprint density at radius 3 is 2.40 bits per heavy atom. The minimum absolute atomic E-state index is 0.266. The molecule has 0 aliphatic carbocycles.